The van der Waals surface area contributed by atoms with Gasteiger partial charge in [0, 0.05) is 6.54 Å². The number of carbonyl (C=O) groups is 1. The molecule has 1 aromatic heterocycles. The molecule has 1 aromatic carbocycles. The number of rotatable bonds is 7. The van der Waals surface area contributed by atoms with E-state index >= 15 is 0 Å². The number of benzene rings is 1. The van der Waals surface area contributed by atoms with Gasteiger partial charge in [0.05, 0.1) is 12.0 Å². The van der Waals surface area contributed by atoms with Gasteiger partial charge in [0.2, 0.25) is 5.91 Å². The molecule has 112 valence electrons. The fourth-order valence-corrected chi connectivity index (χ4v) is 3.05. The molecule has 21 heavy (non-hydrogen) atoms. The molecule has 0 bridgehead atoms. The first kappa shape index (κ1) is 15.7. The lowest BCUT2D eigenvalue weighted by Crippen LogP contribution is -2.30. The molecule has 0 aliphatic rings. The molecule has 3 nitrogen and oxygen atoms in total. The van der Waals surface area contributed by atoms with Gasteiger partial charge in [-0.1, -0.05) is 37.3 Å². The third kappa shape index (κ3) is 4.41. The zero-order valence-electron chi connectivity index (χ0n) is 12.2. The van der Waals surface area contributed by atoms with Crippen LogP contribution in [-0.2, 0) is 4.79 Å². The van der Waals surface area contributed by atoms with E-state index < -0.39 is 6.10 Å². The van der Waals surface area contributed by atoms with Gasteiger partial charge in [-0.2, -0.15) is 11.3 Å². The lowest BCUT2D eigenvalue weighted by atomic mass is 9.95. The Balaban J connectivity index is 1.83. The van der Waals surface area contributed by atoms with Crippen LogP contribution in [0.4, 0.5) is 0 Å². The minimum Gasteiger partial charge on any atom is -0.388 e. The van der Waals surface area contributed by atoms with Crippen molar-refractivity contribution in [1.29, 1.82) is 0 Å². The average molecular weight is 303 g/mol. The maximum absolute atomic E-state index is 12.3. The Bertz CT molecular complexity index is 539. The minimum atomic E-state index is -0.506. The van der Waals surface area contributed by atoms with E-state index in [0.29, 0.717) is 13.0 Å². The van der Waals surface area contributed by atoms with Gasteiger partial charge >= 0.3 is 0 Å². The molecule has 0 saturated carbocycles. The Morgan fingerprint density at radius 3 is 2.62 bits per heavy atom. The van der Waals surface area contributed by atoms with Gasteiger partial charge in [0.1, 0.15) is 0 Å². The van der Waals surface area contributed by atoms with Gasteiger partial charge in [0.15, 0.2) is 0 Å². The number of carbonyl (C=O) groups excluding carboxylic acids is 1. The van der Waals surface area contributed by atoms with Crippen LogP contribution in [0.3, 0.4) is 0 Å². The Morgan fingerprint density at radius 1 is 1.24 bits per heavy atom. The third-order valence-corrected chi connectivity index (χ3v) is 4.27. The summed E-state index contributed by atoms with van der Waals surface area (Å²) in [6.07, 6.45) is 0.796. The zero-order chi connectivity index (χ0) is 15.1. The highest BCUT2D eigenvalue weighted by atomic mass is 32.1. The van der Waals surface area contributed by atoms with Crippen molar-refractivity contribution in [1.82, 2.24) is 5.32 Å². The molecule has 2 atom stereocenters. The summed E-state index contributed by atoms with van der Waals surface area (Å²) >= 11 is 1.57. The lowest BCUT2D eigenvalue weighted by Gasteiger charge is -2.16. The predicted molar refractivity (Wildman–Crippen MR) is 86.4 cm³/mol. The van der Waals surface area contributed by atoms with Crippen molar-refractivity contribution in [3.05, 3.63) is 58.3 Å². The largest absolute Gasteiger partial charge is 0.388 e. The topological polar surface area (TPSA) is 49.3 Å². The summed E-state index contributed by atoms with van der Waals surface area (Å²) in [5, 5.41) is 16.8. The second-order valence-electron chi connectivity index (χ2n) is 5.02. The van der Waals surface area contributed by atoms with E-state index in [1.165, 1.54) is 0 Å². The molecule has 0 saturated heterocycles. The highest BCUT2D eigenvalue weighted by Gasteiger charge is 2.18. The van der Waals surface area contributed by atoms with E-state index in [-0.39, 0.29) is 11.8 Å². The molecule has 1 amide bonds. The summed E-state index contributed by atoms with van der Waals surface area (Å²) in [7, 11) is 0. The van der Waals surface area contributed by atoms with E-state index in [9.17, 15) is 9.90 Å². The van der Waals surface area contributed by atoms with Gasteiger partial charge in [-0.25, -0.2) is 0 Å². The van der Waals surface area contributed by atoms with E-state index in [1.54, 1.807) is 11.3 Å². The standard InChI is InChI=1S/C17H21NO2S/c1-2-15(13-6-4-3-5-7-13)17(20)18-10-8-16(19)14-9-11-21-12-14/h3-7,9,11-12,15-16,19H,2,8,10H2,1H3,(H,18,20)/t15-,16-/m0/s1. The van der Waals surface area contributed by atoms with Crippen LogP contribution in [0, 0.1) is 0 Å². The van der Waals surface area contributed by atoms with Crippen molar-refractivity contribution in [2.24, 2.45) is 0 Å². The van der Waals surface area contributed by atoms with Crippen LogP contribution in [0.15, 0.2) is 47.2 Å². The molecular formula is C17H21NO2S. The van der Waals surface area contributed by atoms with Crippen molar-refractivity contribution in [2.75, 3.05) is 6.54 Å². The Labute approximate surface area is 129 Å². The SMILES string of the molecule is CC[C@H](C(=O)NCC[C@H](O)c1ccsc1)c1ccccc1. The maximum Gasteiger partial charge on any atom is 0.227 e. The zero-order valence-corrected chi connectivity index (χ0v) is 13.0. The average Bonchev–Trinajstić information content (AvgIpc) is 3.03. The van der Waals surface area contributed by atoms with Crippen LogP contribution in [0.2, 0.25) is 0 Å². The molecule has 0 aliphatic carbocycles. The van der Waals surface area contributed by atoms with E-state index in [1.807, 2.05) is 54.1 Å². The number of nitrogens with one attached hydrogen (secondary N) is 1. The summed E-state index contributed by atoms with van der Waals surface area (Å²) in [5.41, 5.74) is 1.96. The second kappa shape index (κ2) is 7.96. The number of aliphatic hydroxyl groups is 1. The van der Waals surface area contributed by atoms with E-state index in [2.05, 4.69) is 5.32 Å². The molecule has 0 aliphatic heterocycles. The fraction of sp³-hybridized carbons (Fsp3) is 0.353. The fourth-order valence-electron chi connectivity index (χ4n) is 2.34. The quantitative estimate of drug-likeness (QED) is 0.822. The smallest absolute Gasteiger partial charge is 0.227 e. The first-order chi connectivity index (χ1) is 10.2. The summed E-state index contributed by atoms with van der Waals surface area (Å²) in [4.78, 5) is 12.3. The van der Waals surface area contributed by atoms with E-state index in [0.717, 1.165) is 17.5 Å². The molecule has 2 rings (SSSR count). The molecule has 0 fully saturated rings. The molecular weight excluding hydrogens is 282 g/mol. The summed E-state index contributed by atoms with van der Waals surface area (Å²) in [6, 6.07) is 11.7. The lowest BCUT2D eigenvalue weighted by molar-refractivity contribution is -0.122. The third-order valence-electron chi connectivity index (χ3n) is 3.57. The van der Waals surface area contributed by atoms with Crippen molar-refractivity contribution in [3.63, 3.8) is 0 Å². The van der Waals surface area contributed by atoms with Crippen LogP contribution < -0.4 is 5.32 Å². The van der Waals surface area contributed by atoms with Crippen molar-refractivity contribution in [3.8, 4) is 0 Å². The number of aliphatic hydroxyl groups excluding tert-OH is 1. The summed E-state index contributed by atoms with van der Waals surface area (Å²) in [5.74, 6) is -0.0919. The Morgan fingerprint density at radius 2 is 2.00 bits per heavy atom. The Kier molecular flexibility index (Phi) is 5.96. The Hall–Kier alpha value is -1.65. The monoisotopic (exact) mass is 303 g/mol. The number of hydrogen-bond donors (Lipinski definition) is 2. The highest BCUT2D eigenvalue weighted by Crippen LogP contribution is 2.20. The molecule has 2 aromatic rings. The van der Waals surface area contributed by atoms with Crippen LogP contribution in [0.1, 0.15) is 42.9 Å². The van der Waals surface area contributed by atoms with Crippen molar-refractivity contribution >= 4 is 17.2 Å². The number of hydrogen-bond acceptors (Lipinski definition) is 3. The second-order valence-corrected chi connectivity index (χ2v) is 5.80. The highest BCUT2D eigenvalue weighted by molar-refractivity contribution is 7.07. The molecule has 0 unspecified atom stereocenters. The predicted octanol–water partition coefficient (Wildman–Crippen LogP) is 3.48. The normalized spacial score (nSPS) is 13.6. The van der Waals surface area contributed by atoms with Gasteiger partial charge in [-0.05, 0) is 40.8 Å². The van der Waals surface area contributed by atoms with Gasteiger partial charge in [-0.3, -0.25) is 4.79 Å². The van der Waals surface area contributed by atoms with Gasteiger partial charge < -0.3 is 10.4 Å². The van der Waals surface area contributed by atoms with Gasteiger partial charge in [0.25, 0.3) is 0 Å². The molecule has 1 heterocycles. The number of thiophene rings is 1. The first-order valence-corrected chi connectivity index (χ1v) is 8.19. The molecule has 4 heteroatoms. The number of amides is 1. The summed E-state index contributed by atoms with van der Waals surface area (Å²) in [6.45, 7) is 2.50. The summed E-state index contributed by atoms with van der Waals surface area (Å²) < 4.78 is 0. The van der Waals surface area contributed by atoms with E-state index in [4.69, 9.17) is 0 Å². The molecule has 2 N–H and O–H groups in total. The van der Waals surface area contributed by atoms with Crippen molar-refractivity contribution < 1.29 is 9.90 Å². The molecule has 0 spiro atoms. The van der Waals surface area contributed by atoms with Crippen LogP contribution in [0.5, 0.6) is 0 Å². The van der Waals surface area contributed by atoms with Crippen LogP contribution in [-0.4, -0.2) is 17.6 Å². The molecule has 0 radical (unpaired) electrons. The van der Waals surface area contributed by atoms with Gasteiger partial charge in [-0.15, -0.1) is 0 Å². The first-order valence-electron chi connectivity index (χ1n) is 7.25. The maximum atomic E-state index is 12.3. The van der Waals surface area contributed by atoms with Crippen LogP contribution >= 0.6 is 11.3 Å². The minimum absolute atomic E-state index is 0.0289. The van der Waals surface area contributed by atoms with Crippen molar-refractivity contribution in [2.45, 2.75) is 31.8 Å². The van der Waals surface area contributed by atoms with Crippen LogP contribution in [0.25, 0.3) is 0 Å².